The second-order valence-electron chi connectivity index (χ2n) is 8.01. The summed E-state index contributed by atoms with van der Waals surface area (Å²) in [5, 5.41) is 11.7. The summed E-state index contributed by atoms with van der Waals surface area (Å²) in [5.41, 5.74) is 1.73. The van der Waals surface area contributed by atoms with Gasteiger partial charge < -0.3 is 14.3 Å². The zero-order valence-corrected chi connectivity index (χ0v) is 18.8. The number of fused-ring (bicyclic) bond motifs is 2. The van der Waals surface area contributed by atoms with Gasteiger partial charge >= 0.3 is 18.0 Å². The first-order valence-electron chi connectivity index (χ1n) is 10.6. The maximum Gasteiger partial charge on any atom is 0.408 e. The fourth-order valence-electron chi connectivity index (χ4n) is 4.09. The van der Waals surface area contributed by atoms with Crippen molar-refractivity contribution in [1.29, 1.82) is 0 Å². The number of aromatic amines is 1. The Kier molecular flexibility index (Phi) is 5.10. The van der Waals surface area contributed by atoms with Crippen LogP contribution in [0, 0.1) is 5.82 Å². The van der Waals surface area contributed by atoms with Gasteiger partial charge in [0.1, 0.15) is 28.9 Å². The molecule has 6 rings (SSSR count). The van der Waals surface area contributed by atoms with Crippen LogP contribution in [0.2, 0.25) is 0 Å². The van der Waals surface area contributed by atoms with E-state index in [0.29, 0.717) is 26.5 Å². The maximum atomic E-state index is 14.3. The molecular formula is C21H14F4N8O2S. The molecule has 184 valence electrons. The highest BCUT2D eigenvalue weighted by atomic mass is 32.1. The Hall–Kier alpha value is -4.14. The van der Waals surface area contributed by atoms with Crippen LogP contribution in [0.4, 0.5) is 17.6 Å². The predicted molar refractivity (Wildman–Crippen MR) is 116 cm³/mol. The molecule has 36 heavy (non-hydrogen) atoms. The number of carbonyl (C=O) groups excluding carboxylic acids is 1. The number of rotatable bonds is 4. The number of hydrogen-bond donors (Lipinski definition) is 1. The van der Waals surface area contributed by atoms with Gasteiger partial charge in [0.2, 0.25) is 0 Å². The molecule has 1 N–H and O–H groups in total. The molecule has 0 saturated carbocycles. The number of alkyl halides is 3. The van der Waals surface area contributed by atoms with Crippen molar-refractivity contribution in [1.82, 2.24) is 39.8 Å². The van der Waals surface area contributed by atoms with Crippen LogP contribution in [0.3, 0.4) is 0 Å². The van der Waals surface area contributed by atoms with Crippen LogP contribution in [0.15, 0.2) is 41.3 Å². The standard InChI is InChI=1S/C21H14F4N8O2S/c22-11-2-1-3-13-14(11)29-19(36-13)16-15-12(26-9-27-15)4-5-33(16)20(34)18-31-30-17(35-18)10-6-28-32(7-10)8-21(23,24)25/h1-3,6-7,9,16H,4-5,8H2,(H,26,27)/t16-/m0/s1. The quantitative estimate of drug-likeness (QED) is 0.360. The molecule has 0 spiro atoms. The van der Waals surface area contributed by atoms with Crippen LogP contribution >= 0.6 is 11.3 Å². The Bertz CT molecular complexity index is 1590. The van der Waals surface area contributed by atoms with E-state index in [1.165, 1.54) is 28.6 Å². The molecule has 1 aromatic carbocycles. The zero-order chi connectivity index (χ0) is 25.0. The van der Waals surface area contributed by atoms with Crippen molar-refractivity contribution < 1.29 is 26.8 Å². The topological polar surface area (TPSA) is 119 Å². The molecule has 15 heteroatoms. The average molecular weight is 518 g/mol. The molecule has 5 aromatic rings. The number of H-pyrrole nitrogens is 1. The lowest BCUT2D eigenvalue weighted by Gasteiger charge is -2.32. The van der Waals surface area contributed by atoms with Gasteiger partial charge in [-0.2, -0.15) is 18.3 Å². The summed E-state index contributed by atoms with van der Waals surface area (Å²) in [6.45, 7) is -1.02. The van der Waals surface area contributed by atoms with Crippen LogP contribution in [0.25, 0.3) is 21.7 Å². The molecule has 0 radical (unpaired) electrons. The number of halogens is 4. The molecule has 0 bridgehead atoms. The van der Waals surface area contributed by atoms with Crippen molar-refractivity contribution in [3.63, 3.8) is 0 Å². The molecule has 0 saturated heterocycles. The second-order valence-corrected chi connectivity index (χ2v) is 9.07. The van der Waals surface area contributed by atoms with Gasteiger partial charge in [0.05, 0.1) is 28.5 Å². The molecule has 0 aliphatic carbocycles. The van der Waals surface area contributed by atoms with E-state index in [-0.39, 0.29) is 29.4 Å². The van der Waals surface area contributed by atoms with Crippen LogP contribution in [0.1, 0.15) is 33.1 Å². The van der Waals surface area contributed by atoms with Crippen molar-refractivity contribution >= 4 is 27.5 Å². The van der Waals surface area contributed by atoms with Crippen molar-refractivity contribution in [3.8, 4) is 11.5 Å². The van der Waals surface area contributed by atoms with Gasteiger partial charge in [0.15, 0.2) is 0 Å². The summed E-state index contributed by atoms with van der Waals surface area (Å²) in [5.74, 6) is -1.60. The summed E-state index contributed by atoms with van der Waals surface area (Å²) in [6, 6.07) is 3.91. The molecule has 1 amide bonds. The van der Waals surface area contributed by atoms with E-state index in [4.69, 9.17) is 4.42 Å². The number of carbonyl (C=O) groups is 1. The van der Waals surface area contributed by atoms with Gasteiger partial charge in [-0.15, -0.1) is 21.5 Å². The van der Waals surface area contributed by atoms with Crippen LogP contribution in [-0.2, 0) is 13.0 Å². The van der Waals surface area contributed by atoms with E-state index in [9.17, 15) is 22.4 Å². The normalized spacial score (nSPS) is 16.0. The molecule has 1 atom stereocenters. The average Bonchev–Trinajstić information content (AvgIpc) is 3.62. The first-order valence-corrected chi connectivity index (χ1v) is 11.4. The van der Waals surface area contributed by atoms with Crippen LogP contribution < -0.4 is 0 Å². The maximum absolute atomic E-state index is 14.3. The third-order valence-corrected chi connectivity index (χ3v) is 6.71. The Morgan fingerprint density at radius 3 is 2.94 bits per heavy atom. The fraction of sp³-hybridized carbons (Fsp3) is 0.238. The summed E-state index contributed by atoms with van der Waals surface area (Å²) < 4.78 is 59.0. The Balaban J connectivity index is 1.33. The zero-order valence-electron chi connectivity index (χ0n) is 18.0. The number of imidazole rings is 1. The molecular weight excluding hydrogens is 504 g/mol. The van der Waals surface area contributed by atoms with E-state index in [2.05, 4.69) is 30.2 Å². The minimum Gasteiger partial charge on any atom is -0.412 e. The molecule has 0 fully saturated rings. The van der Waals surface area contributed by atoms with Crippen LogP contribution in [-0.4, -0.2) is 58.5 Å². The minimum atomic E-state index is -4.45. The van der Waals surface area contributed by atoms with Gasteiger partial charge in [-0.3, -0.25) is 9.48 Å². The second kappa shape index (κ2) is 8.22. The van der Waals surface area contributed by atoms with Crippen molar-refractivity contribution in [2.24, 2.45) is 0 Å². The summed E-state index contributed by atoms with van der Waals surface area (Å²) >= 11 is 1.24. The molecule has 1 aliphatic heterocycles. The van der Waals surface area contributed by atoms with E-state index in [1.54, 1.807) is 12.1 Å². The molecule has 10 nitrogen and oxygen atoms in total. The van der Waals surface area contributed by atoms with Gasteiger partial charge in [0, 0.05) is 24.9 Å². The lowest BCUT2D eigenvalue weighted by Crippen LogP contribution is -2.41. The number of hydrogen-bond acceptors (Lipinski definition) is 8. The molecule has 0 unspecified atom stereocenters. The minimum absolute atomic E-state index is 0.136. The third-order valence-electron chi connectivity index (χ3n) is 5.64. The first kappa shape index (κ1) is 22.3. The van der Waals surface area contributed by atoms with Crippen LogP contribution in [0.5, 0.6) is 0 Å². The fourth-order valence-corrected chi connectivity index (χ4v) is 5.19. The van der Waals surface area contributed by atoms with Gasteiger partial charge in [-0.05, 0) is 12.1 Å². The summed E-state index contributed by atoms with van der Waals surface area (Å²) in [7, 11) is 0. The van der Waals surface area contributed by atoms with E-state index in [0.717, 1.165) is 18.1 Å². The monoisotopic (exact) mass is 518 g/mol. The number of nitrogens with one attached hydrogen (secondary N) is 1. The number of benzene rings is 1. The SMILES string of the molecule is O=C(c1nnc(-c2cnn(CC(F)(F)F)c2)o1)N1CCc2[nH]cnc2[C@H]1c1nc2c(F)cccc2s1. The number of aromatic nitrogens is 7. The number of amides is 1. The number of para-hydroxylation sites is 1. The predicted octanol–water partition coefficient (Wildman–Crippen LogP) is 3.76. The van der Waals surface area contributed by atoms with Crippen molar-refractivity contribution in [3.05, 3.63) is 65.0 Å². The Morgan fingerprint density at radius 1 is 1.28 bits per heavy atom. The van der Waals surface area contributed by atoms with Gasteiger partial charge in [0.25, 0.3) is 5.89 Å². The van der Waals surface area contributed by atoms with Gasteiger partial charge in [-0.25, -0.2) is 14.4 Å². The number of nitrogens with zero attached hydrogens (tertiary/aromatic N) is 7. The Labute approximate surface area is 202 Å². The molecule has 1 aliphatic rings. The third kappa shape index (κ3) is 3.90. The highest BCUT2D eigenvalue weighted by Crippen LogP contribution is 2.38. The molecule has 5 heterocycles. The summed E-state index contributed by atoms with van der Waals surface area (Å²) in [6.07, 6.45) is -0.213. The largest absolute Gasteiger partial charge is 0.412 e. The van der Waals surface area contributed by atoms with Crippen molar-refractivity contribution in [2.45, 2.75) is 25.2 Å². The van der Waals surface area contributed by atoms with Crippen molar-refractivity contribution in [2.75, 3.05) is 6.54 Å². The van der Waals surface area contributed by atoms with E-state index >= 15 is 0 Å². The van der Waals surface area contributed by atoms with Gasteiger partial charge in [-0.1, -0.05) is 6.07 Å². The first-order chi connectivity index (χ1) is 17.3. The van der Waals surface area contributed by atoms with E-state index < -0.39 is 30.5 Å². The highest BCUT2D eigenvalue weighted by molar-refractivity contribution is 7.18. The summed E-state index contributed by atoms with van der Waals surface area (Å²) in [4.78, 5) is 26.8. The molecule has 4 aromatic heterocycles. The highest BCUT2D eigenvalue weighted by Gasteiger charge is 2.38. The Morgan fingerprint density at radius 2 is 2.14 bits per heavy atom. The van der Waals surface area contributed by atoms with E-state index in [1.807, 2.05) is 0 Å². The smallest absolute Gasteiger partial charge is 0.408 e. The number of thiazole rings is 1. The lowest BCUT2D eigenvalue weighted by atomic mass is 10.0. The lowest BCUT2D eigenvalue weighted by molar-refractivity contribution is -0.142.